The van der Waals surface area contributed by atoms with Crippen molar-refractivity contribution < 1.29 is 4.42 Å². The van der Waals surface area contributed by atoms with E-state index in [-0.39, 0.29) is 6.85 Å². The lowest BCUT2D eigenvalue weighted by Gasteiger charge is -2.41. The van der Waals surface area contributed by atoms with Crippen molar-refractivity contribution in [3.63, 3.8) is 0 Å². The molecule has 0 radical (unpaired) electrons. The van der Waals surface area contributed by atoms with E-state index in [4.69, 9.17) is 4.42 Å². The predicted octanol–water partition coefficient (Wildman–Crippen LogP) is 18.2. The molecule has 15 aromatic rings. The minimum Gasteiger partial charge on any atom is -0.456 e. The number of benzene rings is 13. The van der Waals surface area contributed by atoms with Gasteiger partial charge in [-0.15, -0.1) is 0 Å². The van der Waals surface area contributed by atoms with Crippen LogP contribution in [0.1, 0.15) is 0 Å². The second kappa shape index (κ2) is 15.8. The van der Waals surface area contributed by atoms with Gasteiger partial charge in [-0.2, -0.15) is 0 Å². The second-order valence-electron chi connectivity index (χ2n) is 20.6. The Morgan fingerprint density at radius 3 is 1.50 bits per heavy atom. The molecule has 76 heavy (non-hydrogen) atoms. The Hall–Kier alpha value is -9.90. The number of fused-ring (bicyclic) bond motifs is 15. The van der Waals surface area contributed by atoms with Crippen LogP contribution in [0.5, 0.6) is 0 Å². The summed E-state index contributed by atoms with van der Waals surface area (Å²) in [6, 6.07) is 96.7. The van der Waals surface area contributed by atoms with Crippen molar-refractivity contribution in [3.8, 4) is 55.6 Å². The first kappa shape index (κ1) is 41.6. The van der Waals surface area contributed by atoms with Crippen LogP contribution in [-0.2, 0) is 0 Å². The Morgan fingerprint density at radius 2 is 0.855 bits per heavy atom. The van der Waals surface area contributed by atoms with Crippen LogP contribution in [0.3, 0.4) is 0 Å². The lowest BCUT2D eigenvalue weighted by atomic mass is 9.44. The zero-order valence-electron chi connectivity index (χ0n) is 41.2. The van der Waals surface area contributed by atoms with Crippen LogP contribution in [0.4, 0.5) is 17.1 Å². The average molecular weight is 963 g/mol. The number of furan rings is 1. The van der Waals surface area contributed by atoms with Gasteiger partial charge in [-0.3, -0.25) is 0 Å². The molecule has 13 aromatic carbocycles. The largest absolute Gasteiger partial charge is 0.456 e. The van der Waals surface area contributed by atoms with E-state index in [9.17, 15) is 0 Å². The Bertz CT molecular complexity index is 4870. The molecule has 0 spiro atoms. The summed E-state index contributed by atoms with van der Waals surface area (Å²) in [6.07, 6.45) is 0. The molecule has 4 heterocycles. The fourth-order valence-corrected chi connectivity index (χ4v) is 13.6. The van der Waals surface area contributed by atoms with Gasteiger partial charge in [-0.05, 0) is 136 Å². The zero-order chi connectivity index (χ0) is 49.6. The molecule has 0 atom stereocenters. The molecule has 0 saturated heterocycles. The molecule has 0 N–H and O–H groups in total. The van der Waals surface area contributed by atoms with Gasteiger partial charge in [-0.25, -0.2) is 0 Å². The SMILES string of the molecule is c1ccc(-c2cc(-c3ccccc3)cc(N3c4cc5c(-c6ccccc6)c6ccccc6c(-c6ccccc6)c5cc4B4c5c3cc3oc6ccccc6c3c5-c3cc5ccccc5c5c6ccccc6n4c35)c2)cc1. The van der Waals surface area contributed by atoms with Crippen molar-refractivity contribution in [2.75, 3.05) is 4.90 Å². The van der Waals surface area contributed by atoms with Crippen LogP contribution in [0, 0.1) is 0 Å². The molecule has 2 aliphatic heterocycles. The quantitative estimate of drug-likeness (QED) is 0.127. The molecule has 0 bridgehead atoms. The number of rotatable bonds is 5. The number of hydrogen-bond donors (Lipinski definition) is 0. The van der Waals surface area contributed by atoms with E-state index in [2.05, 4.69) is 270 Å². The fraction of sp³-hybridized carbons (Fsp3) is 0. The van der Waals surface area contributed by atoms with E-state index < -0.39 is 0 Å². The molecule has 0 saturated carbocycles. The normalized spacial score (nSPS) is 12.7. The molecule has 0 fully saturated rings. The maximum absolute atomic E-state index is 7.14. The first-order valence-corrected chi connectivity index (χ1v) is 26.4. The van der Waals surface area contributed by atoms with Crippen LogP contribution in [0.2, 0.25) is 0 Å². The summed E-state index contributed by atoms with van der Waals surface area (Å²) in [6.45, 7) is -0.226. The molecule has 3 nitrogen and oxygen atoms in total. The van der Waals surface area contributed by atoms with E-state index in [0.29, 0.717) is 0 Å². The summed E-state index contributed by atoms with van der Waals surface area (Å²) >= 11 is 0. The molecule has 0 amide bonds. The van der Waals surface area contributed by atoms with Gasteiger partial charge >= 0.3 is 6.85 Å². The highest BCUT2D eigenvalue weighted by Gasteiger charge is 2.45. The fourth-order valence-electron chi connectivity index (χ4n) is 13.6. The Labute approximate surface area is 438 Å². The topological polar surface area (TPSA) is 21.3 Å². The predicted molar refractivity (Wildman–Crippen MR) is 322 cm³/mol. The summed E-state index contributed by atoms with van der Waals surface area (Å²) in [5.74, 6) is 0. The number of hydrogen-bond acceptors (Lipinski definition) is 2. The molecule has 0 aliphatic carbocycles. The third-order valence-corrected chi connectivity index (χ3v) is 16.6. The Kier molecular flexibility index (Phi) is 8.64. The van der Waals surface area contributed by atoms with Crippen LogP contribution in [-0.4, -0.2) is 11.3 Å². The third-order valence-electron chi connectivity index (χ3n) is 16.6. The summed E-state index contributed by atoms with van der Waals surface area (Å²) in [4.78, 5) is 2.59. The summed E-state index contributed by atoms with van der Waals surface area (Å²) in [5.41, 5.74) is 22.0. The molecule has 4 heteroatoms. The average Bonchev–Trinajstić information content (AvgIpc) is 4.19. The van der Waals surface area contributed by atoms with Gasteiger partial charge in [0, 0.05) is 61.3 Å². The molecule has 350 valence electrons. The van der Waals surface area contributed by atoms with Crippen molar-refractivity contribution in [2.24, 2.45) is 0 Å². The minimum absolute atomic E-state index is 0.226. The molecule has 17 rings (SSSR count). The molecule has 2 aliphatic rings. The van der Waals surface area contributed by atoms with Gasteiger partial charge in [0.25, 0.3) is 0 Å². The summed E-state index contributed by atoms with van der Waals surface area (Å²) in [5, 5.41) is 12.2. The molecule has 2 aromatic heterocycles. The van der Waals surface area contributed by atoms with Crippen LogP contribution in [0.25, 0.3) is 132 Å². The monoisotopic (exact) mass is 962 g/mol. The highest BCUT2D eigenvalue weighted by molar-refractivity contribution is 6.90. The smallest absolute Gasteiger partial charge is 0.333 e. The van der Waals surface area contributed by atoms with Gasteiger partial charge in [0.05, 0.1) is 0 Å². The van der Waals surface area contributed by atoms with E-state index in [1.54, 1.807) is 0 Å². The van der Waals surface area contributed by atoms with E-state index in [1.807, 2.05) is 0 Å². The van der Waals surface area contributed by atoms with Crippen molar-refractivity contribution in [2.45, 2.75) is 0 Å². The van der Waals surface area contributed by atoms with Crippen molar-refractivity contribution >= 4 is 111 Å². The lowest BCUT2D eigenvalue weighted by Crippen LogP contribution is -2.56. The van der Waals surface area contributed by atoms with Crippen LogP contribution in [0.15, 0.2) is 265 Å². The molecule has 0 unspecified atom stereocenters. The molecular formula is C72H43BN2O. The third kappa shape index (κ3) is 5.78. The number of nitrogens with zero attached hydrogens (tertiary/aromatic N) is 2. The number of anilines is 3. The maximum Gasteiger partial charge on any atom is 0.333 e. The number of aromatic nitrogens is 1. The number of para-hydroxylation sites is 2. The van der Waals surface area contributed by atoms with Gasteiger partial charge in [-0.1, -0.05) is 212 Å². The summed E-state index contributed by atoms with van der Waals surface area (Å²) in [7, 11) is 0. The van der Waals surface area contributed by atoms with Crippen molar-refractivity contribution in [3.05, 3.63) is 261 Å². The highest BCUT2D eigenvalue weighted by atomic mass is 16.3. The van der Waals surface area contributed by atoms with Gasteiger partial charge in [0.2, 0.25) is 0 Å². The van der Waals surface area contributed by atoms with Crippen molar-refractivity contribution in [1.82, 2.24) is 4.48 Å². The Balaban J connectivity index is 1.12. The zero-order valence-corrected chi connectivity index (χ0v) is 41.2. The van der Waals surface area contributed by atoms with E-state index >= 15 is 0 Å². The first-order valence-electron chi connectivity index (χ1n) is 26.4. The lowest BCUT2D eigenvalue weighted by molar-refractivity contribution is 0.669. The van der Waals surface area contributed by atoms with Crippen LogP contribution < -0.4 is 15.8 Å². The van der Waals surface area contributed by atoms with Crippen LogP contribution >= 0.6 is 0 Å². The maximum atomic E-state index is 7.14. The second-order valence-corrected chi connectivity index (χ2v) is 20.6. The van der Waals surface area contributed by atoms with Gasteiger partial charge in [0.1, 0.15) is 11.2 Å². The standard InChI is InChI=1S/C72H43BN2O/c1-5-21-44(22-6-1)49-37-50(45-23-7-2-8-24-45)39-51(38-49)74-62-42-58-57(66(46-25-9-3-10-26-46)53-31-15-16-32-54(53)67(58)47-27-11-4-12-28-47)41-60(62)73-71-63(74)43-65-69(56-34-18-20-36-64(56)76-65)70(71)59-40-48-29-13-14-30-52(48)68-55-33-17-19-35-61(55)75(73)72(59)68/h1-43H. The molecular weight excluding hydrogens is 920 g/mol. The Morgan fingerprint density at radius 1 is 0.329 bits per heavy atom. The van der Waals surface area contributed by atoms with Crippen molar-refractivity contribution in [1.29, 1.82) is 0 Å². The van der Waals surface area contributed by atoms with E-state index in [0.717, 1.165) is 61.3 Å². The van der Waals surface area contributed by atoms with E-state index in [1.165, 1.54) is 98.4 Å². The van der Waals surface area contributed by atoms with Gasteiger partial charge in [0.15, 0.2) is 0 Å². The minimum atomic E-state index is -0.226. The summed E-state index contributed by atoms with van der Waals surface area (Å²) < 4.78 is 9.85. The van der Waals surface area contributed by atoms with Gasteiger partial charge < -0.3 is 13.8 Å². The highest BCUT2D eigenvalue weighted by Crippen LogP contribution is 2.53. The first-order chi connectivity index (χ1) is 37.7.